The van der Waals surface area contributed by atoms with Gasteiger partial charge in [0.2, 0.25) is 10.0 Å². The van der Waals surface area contributed by atoms with Crippen molar-refractivity contribution in [3.63, 3.8) is 0 Å². The van der Waals surface area contributed by atoms with Crippen LogP contribution in [0.1, 0.15) is 51.6 Å². The van der Waals surface area contributed by atoms with Gasteiger partial charge >= 0.3 is 0 Å². The average Bonchev–Trinajstić information content (AvgIpc) is 2.82. The molecule has 0 spiro atoms. The van der Waals surface area contributed by atoms with Crippen LogP contribution in [0.4, 0.5) is 11.4 Å². The first kappa shape index (κ1) is 25.9. The minimum atomic E-state index is -3.34. The molecule has 186 valence electrons. The minimum absolute atomic E-state index is 0.147. The molecule has 7 nitrogen and oxygen atoms in total. The number of benzene rings is 2. The van der Waals surface area contributed by atoms with Gasteiger partial charge in [0.1, 0.15) is 5.75 Å². The number of nitrogens with one attached hydrogen (secondary N) is 1. The lowest BCUT2D eigenvalue weighted by Crippen LogP contribution is -2.39. The number of piperidine rings is 1. The van der Waals surface area contributed by atoms with Crippen LogP contribution in [0.15, 0.2) is 48.5 Å². The third kappa shape index (κ3) is 6.65. The lowest BCUT2D eigenvalue weighted by atomic mass is 9.98. The van der Waals surface area contributed by atoms with Gasteiger partial charge in [-0.3, -0.25) is 9.10 Å². The average molecular weight is 488 g/mol. The predicted octanol–water partition coefficient (Wildman–Crippen LogP) is 4.35. The third-order valence-electron chi connectivity index (χ3n) is 6.54. The molecular weight excluding hydrogens is 450 g/mol. The SMILES string of the molecule is CC[C@H](Oc1ccc(N(C)S(C)(=O)=O)cc1)C(=O)N[C@H](C)c1ccc(N2CCC(C)CC2)cc1. The Hall–Kier alpha value is -2.74. The van der Waals surface area contributed by atoms with Gasteiger partial charge in [-0.15, -0.1) is 0 Å². The van der Waals surface area contributed by atoms with Crippen molar-refractivity contribution in [3.8, 4) is 5.75 Å². The number of ether oxygens (including phenoxy) is 1. The molecule has 1 aliphatic heterocycles. The molecule has 8 heteroatoms. The number of amides is 1. The van der Waals surface area contributed by atoms with E-state index in [1.165, 1.54) is 29.9 Å². The van der Waals surface area contributed by atoms with E-state index in [2.05, 4.69) is 41.4 Å². The maximum Gasteiger partial charge on any atom is 0.261 e. The van der Waals surface area contributed by atoms with Gasteiger partial charge in [-0.25, -0.2) is 8.42 Å². The number of carbonyl (C=O) groups excluding carboxylic acids is 1. The Kier molecular flexibility index (Phi) is 8.47. The molecule has 0 bridgehead atoms. The molecule has 1 saturated heterocycles. The molecule has 0 saturated carbocycles. The molecule has 1 fully saturated rings. The second kappa shape index (κ2) is 11.1. The van der Waals surface area contributed by atoms with E-state index in [9.17, 15) is 13.2 Å². The molecule has 1 aliphatic rings. The summed E-state index contributed by atoms with van der Waals surface area (Å²) < 4.78 is 30.5. The number of sulfonamides is 1. The summed E-state index contributed by atoms with van der Waals surface area (Å²) in [5.41, 5.74) is 2.81. The second-order valence-electron chi connectivity index (χ2n) is 9.23. The van der Waals surface area contributed by atoms with Crippen LogP contribution in [0.3, 0.4) is 0 Å². The van der Waals surface area contributed by atoms with Gasteiger partial charge in [0, 0.05) is 25.8 Å². The zero-order valence-corrected chi connectivity index (χ0v) is 21.6. The summed E-state index contributed by atoms with van der Waals surface area (Å²) in [5.74, 6) is 1.13. The van der Waals surface area contributed by atoms with E-state index in [1.807, 2.05) is 13.8 Å². The topological polar surface area (TPSA) is 78.9 Å². The Labute approximate surface area is 204 Å². The van der Waals surface area contributed by atoms with Crippen molar-refractivity contribution in [2.45, 2.75) is 52.2 Å². The van der Waals surface area contributed by atoms with Crippen molar-refractivity contribution in [2.24, 2.45) is 5.92 Å². The van der Waals surface area contributed by atoms with Crippen LogP contribution in [0.25, 0.3) is 0 Å². The van der Waals surface area contributed by atoms with E-state index < -0.39 is 16.1 Å². The van der Waals surface area contributed by atoms with Crippen LogP contribution in [0, 0.1) is 5.92 Å². The smallest absolute Gasteiger partial charge is 0.261 e. The summed E-state index contributed by atoms with van der Waals surface area (Å²) >= 11 is 0. The molecule has 2 aromatic carbocycles. The van der Waals surface area contributed by atoms with Crippen LogP contribution >= 0.6 is 0 Å². The minimum Gasteiger partial charge on any atom is -0.481 e. The fourth-order valence-corrected chi connectivity index (χ4v) is 4.55. The van der Waals surface area contributed by atoms with Crippen LogP contribution in [0.2, 0.25) is 0 Å². The zero-order valence-electron chi connectivity index (χ0n) is 20.8. The van der Waals surface area contributed by atoms with Gasteiger partial charge in [0.05, 0.1) is 18.0 Å². The molecule has 1 N–H and O–H groups in total. The molecule has 34 heavy (non-hydrogen) atoms. The second-order valence-corrected chi connectivity index (χ2v) is 11.2. The first-order valence-corrected chi connectivity index (χ1v) is 13.8. The van der Waals surface area contributed by atoms with Crippen LogP contribution < -0.4 is 19.3 Å². The van der Waals surface area contributed by atoms with Crippen molar-refractivity contribution in [2.75, 3.05) is 35.6 Å². The lowest BCUT2D eigenvalue weighted by molar-refractivity contribution is -0.128. The summed E-state index contributed by atoms with van der Waals surface area (Å²) in [6.45, 7) is 8.36. The number of hydrogen-bond acceptors (Lipinski definition) is 5. The first-order valence-electron chi connectivity index (χ1n) is 11.9. The molecule has 2 atom stereocenters. The van der Waals surface area contributed by atoms with Crippen molar-refractivity contribution in [3.05, 3.63) is 54.1 Å². The fraction of sp³-hybridized carbons (Fsp3) is 0.500. The molecule has 3 rings (SSSR count). The summed E-state index contributed by atoms with van der Waals surface area (Å²) in [5, 5.41) is 3.06. The predicted molar refractivity (Wildman–Crippen MR) is 138 cm³/mol. The van der Waals surface area contributed by atoms with Gasteiger partial charge in [0.25, 0.3) is 5.91 Å². The zero-order chi connectivity index (χ0) is 24.9. The molecule has 0 radical (unpaired) electrons. The number of nitrogens with zero attached hydrogens (tertiary/aromatic N) is 2. The quantitative estimate of drug-likeness (QED) is 0.569. The third-order valence-corrected chi connectivity index (χ3v) is 7.75. The Morgan fingerprint density at radius 1 is 1.12 bits per heavy atom. The number of hydrogen-bond donors (Lipinski definition) is 1. The highest BCUT2D eigenvalue weighted by Crippen LogP contribution is 2.25. The summed E-state index contributed by atoms with van der Waals surface area (Å²) in [4.78, 5) is 15.3. The summed E-state index contributed by atoms with van der Waals surface area (Å²) in [6.07, 6.45) is 3.47. The van der Waals surface area contributed by atoms with E-state index in [-0.39, 0.29) is 11.9 Å². The van der Waals surface area contributed by atoms with Gasteiger partial charge in [-0.05, 0) is 74.1 Å². The largest absolute Gasteiger partial charge is 0.481 e. The molecule has 0 unspecified atom stereocenters. The molecule has 0 aliphatic carbocycles. The van der Waals surface area contributed by atoms with Crippen molar-refractivity contribution in [1.29, 1.82) is 0 Å². The van der Waals surface area contributed by atoms with E-state index in [1.54, 1.807) is 24.3 Å². The van der Waals surface area contributed by atoms with Gasteiger partial charge in [0.15, 0.2) is 6.10 Å². The van der Waals surface area contributed by atoms with Crippen LogP contribution in [-0.4, -0.2) is 46.8 Å². The highest BCUT2D eigenvalue weighted by Gasteiger charge is 2.22. The summed E-state index contributed by atoms with van der Waals surface area (Å²) in [6, 6.07) is 15.0. The van der Waals surface area contributed by atoms with E-state index in [0.29, 0.717) is 17.9 Å². The number of anilines is 2. The van der Waals surface area contributed by atoms with Gasteiger partial charge < -0.3 is 15.0 Å². The van der Waals surface area contributed by atoms with E-state index in [4.69, 9.17) is 4.74 Å². The molecule has 2 aromatic rings. The van der Waals surface area contributed by atoms with Crippen molar-refractivity contribution >= 4 is 27.3 Å². The monoisotopic (exact) mass is 487 g/mol. The van der Waals surface area contributed by atoms with Gasteiger partial charge in [-0.2, -0.15) is 0 Å². The van der Waals surface area contributed by atoms with Crippen molar-refractivity contribution in [1.82, 2.24) is 5.32 Å². The van der Waals surface area contributed by atoms with E-state index >= 15 is 0 Å². The lowest BCUT2D eigenvalue weighted by Gasteiger charge is -2.32. The van der Waals surface area contributed by atoms with E-state index in [0.717, 1.165) is 30.8 Å². The normalized spacial score (nSPS) is 16.6. The van der Waals surface area contributed by atoms with Crippen molar-refractivity contribution < 1.29 is 17.9 Å². The Morgan fingerprint density at radius 3 is 2.24 bits per heavy atom. The number of carbonyl (C=O) groups is 1. The summed E-state index contributed by atoms with van der Waals surface area (Å²) in [7, 11) is -1.84. The molecule has 1 amide bonds. The first-order chi connectivity index (χ1) is 16.1. The number of rotatable bonds is 9. The highest BCUT2D eigenvalue weighted by atomic mass is 32.2. The van der Waals surface area contributed by atoms with Crippen LogP contribution in [0.5, 0.6) is 5.75 Å². The van der Waals surface area contributed by atoms with Crippen LogP contribution in [-0.2, 0) is 14.8 Å². The molecular formula is C26H37N3O4S. The van der Waals surface area contributed by atoms with Gasteiger partial charge in [-0.1, -0.05) is 26.0 Å². The highest BCUT2D eigenvalue weighted by molar-refractivity contribution is 7.92. The molecule has 0 aromatic heterocycles. The molecule has 1 heterocycles. The fourth-order valence-electron chi connectivity index (χ4n) is 4.04. The maximum absolute atomic E-state index is 12.9. The standard InChI is InChI=1S/C26H37N3O4S/c1-6-25(33-24-13-11-22(12-14-24)28(4)34(5,31)32)26(30)27-20(3)21-7-9-23(10-8-21)29-17-15-19(2)16-18-29/h7-14,19-20,25H,6,15-18H2,1-5H3,(H,27,30)/t20-,25+/m1/s1. The Balaban J connectivity index is 1.58. The Morgan fingerprint density at radius 2 is 1.71 bits per heavy atom. The Bertz CT molecular complexity index is 1050. The maximum atomic E-state index is 12.9.